The zero-order valence-corrected chi connectivity index (χ0v) is 20.6. The van der Waals surface area contributed by atoms with E-state index in [0.717, 1.165) is 12.3 Å². The minimum atomic E-state index is -4.27. The first-order valence-electron chi connectivity index (χ1n) is 10.6. The predicted molar refractivity (Wildman–Crippen MR) is 128 cm³/mol. The minimum absolute atomic E-state index is 0.00341. The number of aryl methyl sites for hydroxylation is 1. The Balaban J connectivity index is 1.81. The standard InChI is InChI=1S/C22H24FN7O5S/c1-13(20(31)15-9-8-14(23)12-24-15)36(32,33)28-22-26-25-21(16-10-11-29(2)27-16)30(22)19-17(34-3)6-5-7-18(19)35-4/h5-13,20,31H,1-4H3,(H,26,28)/t13-,20+/m0/s1. The topological polar surface area (TPSA) is 146 Å². The molecule has 0 fully saturated rings. The zero-order chi connectivity index (χ0) is 26.0. The summed E-state index contributed by atoms with van der Waals surface area (Å²) in [6, 6.07) is 9.04. The van der Waals surface area contributed by atoms with Crippen LogP contribution in [0.15, 0.2) is 48.8 Å². The molecule has 3 aromatic heterocycles. The van der Waals surface area contributed by atoms with Crippen LogP contribution < -0.4 is 14.2 Å². The lowest BCUT2D eigenvalue weighted by atomic mass is 10.2. The summed E-state index contributed by atoms with van der Waals surface area (Å²) in [5, 5.41) is 21.8. The molecule has 1 aromatic carbocycles. The molecule has 0 spiro atoms. The second-order valence-corrected chi connectivity index (χ2v) is 9.80. The highest BCUT2D eigenvalue weighted by Crippen LogP contribution is 2.37. The van der Waals surface area contributed by atoms with Crippen LogP contribution in [0, 0.1) is 5.82 Å². The molecule has 0 saturated heterocycles. The molecule has 3 heterocycles. The maximum Gasteiger partial charge on any atom is 0.243 e. The Bertz CT molecular complexity index is 1450. The van der Waals surface area contributed by atoms with Gasteiger partial charge in [0.2, 0.25) is 16.0 Å². The normalized spacial score (nSPS) is 13.3. The molecule has 0 bridgehead atoms. The van der Waals surface area contributed by atoms with E-state index in [1.165, 1.54) is 31.8 Å². The van der Waals surface area contributed by atoms with Crippen molar-refractivity contribution in [1.29, 1.82) is 0 Å². The number of nitrogens with zero attached hydrogens (tertiary/aromatic N) is 6. The second kappa shape index (κ2) is 9.91. The molecule has 0 aliphatic heterocycles. The van der Waals surface area contributed by atoms with Gasteiger partial charge in [0.1, 0.15) is 40.1 Å². The van der Waals surface area contributed by atoms with Gasteiger partial charge in [-0.25, -0.2) is 12.8 Å². The van der Waals surface area contributed by atoms with Crippen molar-refractivity contribution in [2.75, 3.05) is 18.9 Å². The smallest absolute Gasteiger partial charge is 0.243 e. The fourth-order valence-electron chi connectivity index (χ4n) is 3.51. The minimum Gasteiger partial charge on any atom is -0.494 e. The van der Waals surface area contributed by atoms with Crippen molar-refractivity contribution >= 4 is 16.0 Å². The molecule has 0 aliphatic rings. The molecule has 0 amide bonds. The number of ether oxygens (including phenoxy) is 2. The lowest BCUT2D eigenvalue weighted by Crippen LogP contribution is -2.32. The van der Waals surface area contributed by atoms with Crippen LogP contribution in [0.1, 0.15) is 18.7 Å². The third-order valence-corrected chi connectivity index (χ3v) is 7.16. The fourth-order valence-corrected chi connectivity index (χ4v) is 4.56. The molecule has 2 N–H and O–H groups in total. The molecule has 2 atom stereocenters. The van der Waals surface area contributed by atoms with Gasteiger partial charge in [0.25, 0.3) is 0 Å². The Hall–Kier alpha value is -4.04. The molecular weight excluding hydrogens is 493 g/mol. The van der Waals surface area contributed by atoms with Crippen molar-refractivity contribution < 1.29 is 27.4 Å². The number of aliphatic hydroxyl groups excluding tert-OH is 1. The van der Waals surface area contributed by atoms with Gasteiger partial charge in [0.15, 0.2) is 5.82 Å². The molecule has 4 rings (SSSR count). The Kier molecular flexibility index (Phi) is 6.90. The summed E-state index contributed by atoms with van der Waals surface area (Å²) < 4.78 is 56.2. The van der Waals surface area contributed by atoms with Crippen LogP contribution in [0.5, 0.6) is 11.5 Å². The van der Waals surface area contributed by atoms with Crippen LogP contribution in [0.4, 0.5) is 10.3 Å². The molecule has 12 nitrogen and oxygen atoms in total. The summed E-state index contributed by atoms with van der Waals surface area (Å²) in [6.45, 7) is 1.29. The van der Waals surface area contributed by atoms with Gasteiger partial charge in [-0.2, -0.15) is 5.10 Å². The van der Waals surface area contributed by atoms with Crippen LogP contribution in [-0.2, 0) is 17.1 Å². The quantitative estimate of drug-likeness (QED) is 0.341. The highest BCUT2D eigenvalue weighted by atomic mass is 32.2. The van der Waals surface area contributed by atoms with Crippen LogP contribution in [0.2, 0.25) is 0 Å². The highest BCUT2D eigenvalue weighted by Gasteiger charge is 2.33. The van der Waals surface area contributed by atoms with Crippen molar-refractivity contribution in [2.45, 2.75) is 18.3 Å². The van der Waals surface area contributed by atoms with Crippen LogP contribution in [0.3, 0.4) is 0 Å². The number of nitrogens with one attached hydrogen (secondary N) is 1. The van der Waals surface area contributed by atoms with E-state index in [1.807, 2.05) is 0 Å². The largest absolute Gasteiger partial charge is 0.494 e. The number of rotatable bonds is 9. The number of aromatic nitrogens is 6. The predicted octanol–water partition coefficient (Wildman–Crippen LogP) is 2.08. The summed E-state index contributed by atoms with van der Waals surface area (Å²) in [5.74, 6) is 0.125. The molecule has 0 radical (unpaired) electrons. The molecule has 4 aromatic rings. The number of anilines is 1. The van der Waals surface area contributed by atoms with E-state index < -0.39 is 27.2 Å². The van der Waals surface area contributed by atoms with Gasteiger partial charge in [0, 0.05) is 13.2 Å². The number of pyridine rings is 1. The molecule has 0 unspecified atom stereocenters. The maximum atomic E-state index is 13.3. The SMILES string of the molecule is COc1cccc(OC)c1-n1c(NS(=O)(=O)[C@@H](C)[C@@H](O)c2ccc(F)cn2)nnc1-c1ccn(C)n1. The van der Waals surface area contributed by atoms with Gasteiger partial charge in [-0.15, -0.1) is 10.2 Å². The zero-order valence-electron chi connectivity index (χ0n) is 19.8. The number of benzene rings is 1. The number of sulfonamides is 1. The Morgan fingerprint density at radius 2 is 1.78 bits per heavy atom. The summed E-state index contributed by atoms with van der Waals surface area (Å²) in [5.41, 5.74) is 0.738. The van der Waals surface area contributed by atoms with Crippen molar-refractivity contribution in [3.05, 3.63) is 60.3 Å². The van der Waals surface area contributed by atoms with Crippen molar-refractivity contribution in [2.24, 2.45) is 7.05 Å². The van der Waals surface area contributed by atoms with Gasteiger partial charge in [-0.3, -0.25) is 19.0 Å². The van der Waals surface area contributed by atoms with Crippen LogP contribution in [0.25, 0.3) is 17.2 Å². The van der Waals surface area contributed by atoms with Crippen molar-refractivity contribution in [3.63, 3.8) is 0 Å². The first-order chi connectivity index (χ1) is 17.2. The average molecular weight is 518 g/mol. The number of halogens is 1. The molecule has 0 aliphatic carbocycles. The summed E-state index contributed by atoms with van der Waals surface area (Å²) >= 11 is 0. The molecule has 14 heteroatoms. The first kappa shape index (κ1) is 25.1. The van der Waals surface area contributed by atoms with Crippen LogP contribution in [-0.4, -0.2) is 62.5 Å². The van der Waals surface area contributed by atoms with E-state index in [2.05, 4.69) is 25.0 Å². The van der Waals surface area contributed by atoms with E-state index in [4.69, 9.17) is 9.47 Å². The molecule has 0 saturated carbocycles. The van der Waals surface area contributed by atoms with Gasteiger partial charge in [-0.1, -0.05) is 6.07 Å². The van der Waals surface area contributed by atoms with Gasteiger partial charge in [0.05, 0.1) is 26.1 Å². The monoisotopic (exact) mass is 517 g/mol. The van der Waals surface area contributed by atoms with E-state index in [1.54, 1.807) is 42.2 Å². The van der Waals surface area contributed by atoms with E-state index in [0.29, 0.717) is 22.9 Å². The second-order valence-electron chi connectivity index (χ2n) is 7.77. The van der Waals surface area contributed by atoms with E-state index in [-0.39, 0.29) is 17.5 Å². The van der Waals surface area contributed by atoms with Crippen LogP contribution >= 0.6 is 0 Å². The molecule has 36 heavy (non-hydrogen) atoms. The Labute approximate surface area is 206 Å². The number of aliphatic hydroxyl groups is 1. The number of para-hydroxylation sites is 1. The molecule has 190 valence electrons. The average Bonchev–Trinajstić information content (AvgIpc) is 3.48. The van der Waals surface area contributed by atoms with Gasteiger partial charge >= 0.3 is 0 Å². The van der Waals surface area contributed by atoms with Gasteiger partial charge in [-0.05, 0) is 37.3 Å². The van der Waals surface area contributed by atoms with Crippen molar-refractivity contribution in [1.82, 2.24) is 29.5 Å². The Morgan fingerprint density at radius 3 is 2.33 bits per heavy atom. The Morgan fingerprint density at radius 1 is 1.08 bits per heavy atom. The fraction of sp³-hybridized carbons (Fsp3) is 0.273. The first-order valence-corrected chi connectivity index (χ1v) is 12.2. The number of hydrogen-bond acceptors (Lipinski definition) is 9. The highest BCUT2D eigenvalue weighted by molar-refractivity contribution is 7.93. The lowest BCUT2D eigenvalue weighted by molar-refractivity contribution is 0.171. The maximum absolute atomic E-state index is 13.3. The lowest BCUT2D eigenvalue weighted by Gasteiger charge is -2.21. The van der Waals surface area contributed by atoms with E-state index >= 15 is 0 Å². The molecular formula is C22H24FN7O5S. The van der Waals surface area contributed by atoms with E-state index in [9.17, 15) is 17.9 Å². The van der Waals surface area contributed by atoms with Gasteiger partial charge < -0.3 is 14.6 Å². The third kappa shape index (κ3) is 4.72. The van der Waals surface area contributed by atoms with Crippen molar-refractivity contribution in [3.8, 4) is 28.7 Å². The summed E-state index contributed by atoms with van der Waals surface area (Å²) in [7, 11) is 0.377. The summed E-state index contributed by atoms with van der Waals surface area (Å²) in [4.78, 5) is 3.78. The number of methoxy groups -OCH3 is 2. The number of hydrogen-bond donors (Lipinski definition) is 2. The third-order valence-electron chi connectivity index (χ3n) is 5.45. The summed E-state index contributed by atoms with van der Waals surface area (Å²) in [6.07, 6.45) is 1.05.